The van der Waals surface area contributed by atoms with E-state index >= 15 is 0 Å². The number of amides is 2. The van der Waals surface area contributed by atoms with Crippen LogP contribution in [0.2, 0.25) is 0 Å². The summed E-state index contributed by atoms with van der Waals surface area (Å²) in [6.07, 6.45) is 3.23. The van der Waals surface area contributed by atoms with Crippen molar-refractivity contribution in [2.75, 3.05) is 12.4 Å². The van der Waals surface area contributed by atoms with Gasteiger partial charge in [0.25, 0.3) is 0 Å². The molecule has 0 bridgehead atoms. The predicted octanol–water partition coefficient (Wildman–Crippen LogP) is 3.09. The maximum Gasteiger partial charge on any atom is 0.322 e. The van der Waals surface area contributed by atoms with Crippen molar-refractivity contribution in [2.24, 2.45) is 7.05 Å². The van der Waals surface area contributed by atoms with E-state index in [0.717, 1.165) is 22.5 Å². The Bertz CT molecular complexity index is 838. The lowest BCUT2D eigenvalue weighted by Crippen LogP contribution is -2.33. The van der Waals surface area contributed by atoms with Gasteiger partial charge in [0.2, 0.25) is 0 Å². The molecule has 120 valence electrons. The first-order valence-corrected chi connectivity index (χ1v) is 7.34. The maximum absolute atomic E-state index is 12.4. The SMILES string of the molecule is Cc1nn(C)c2ncc(NC(=O)N(C)C(C)c3ccco3)cc12. The summed E-state index contributed by atoms with van der Waals surface area (Å²) in [5, 5.41) is 8.11. The number of furan rings is 1. The molecule has 1 atom stereocenters. The summed E-state index contributed by atoms with van der Waals surface area (Å²) in [6, 6.07) is 5.15. The van der Waals surface area contributed by atoms with Crippen LogP contribution in [0.4, 0.5) is 10.5 Å². The Morgan fingerprint density at radius 2 is 2.26 bits per heavy atom. The van der Waals surface area contributed by atoms with Crippen molar-refractivity contribution in [2.45, 2.75) is 19.9 Å². The van der Waals surface area contributed by atoms with Crippen LogP contribution < -0.4 is 5.32 Å². The summed E-state index contributed by atoms with van der Waals surface area (Å²) in [5.74, 6) is 0.735. The Labute approximate surface area is 133 Å². The number of carbonyl (C=O) groups is 1. The number of aryl methyl sites for hydroxylation is 2. The highest BCUT2D eigenvalue weighted by molar-refractivity contribution is 5.92. The molecule has 3 heterocycles. The Hall–Kier alpha value is -2.83. The maximum atomic E-state index is 12.4. The number of pyridine rings is 1. The summed E-state index contributed by atoms with van der Waals surface area (Å²) in [4.78, 5) is 18.3. The van der Waals surface area contributed by atoms with Gasteiger partial charge in [0, 0.05) is 19.5 Å². The normalized spacial score (nSPS) is 12.3. The first kappa shape index (κ1) is 15.1. The van der Waals surface area contributed by atoms with Gasteiger partial charge in [0.05, 0.1) is 29.9 Å². The Balaban J connectivity index is 1.78. The van der Waals surface area contributed by atoms with E-state index in [4.69, 9.17) is 4.42 Å². The molecular weight excluding hydrogens is 294 g/mol. The fraction of sp³-hybridized carbons (Fsp3) is 0.312. The molecule has 3 aromatic heterocycles. The number of hydrogen-bond donors (Lipinski definition) is 1. The van der Waals surface area contributed by atoms with Crippen LogP contribution in [0.3, 0.4) is 0 Å². The summed E-state index contributed by atoms with van der Waals surface area (Å²) in [7, 11) is 3.57. The molecule has 3 aromatic rings. The second-order valence-electron chi connectivity index (χ2n) is 5.54. The van der Waals surface area contributed by atoms with Crippen molar-refractivity contribution in [3.05, 3.63) is 42.1 Å². The molecule has 7 heteroatoms. The van der Waals surface area contributed by atoms with E-state index in [1.54, 1.807) is 35.2 Å². The van der Waals surface area contributed by atoms with Gasteiger partial charge in [-0.05, 0) is 32.0 Å². The smallest absolute Gasteiger partial charge is 0.322 e. The minimum Gasteiger partial charge on any atom is -0.467 e. The molecule has 7 nitrogen and oxygen atoms in total. The number of anilines is 1. The van der Waals surface area contributed by atoms with E-state index in [0.29, 0.717) is 5.69 Å². The molecule has 1 N–H and O–H groups in total. The molecule has 0 spiro atoms. The third-order valence-corrected chi connectivity index (χ3v) is 3.97. The second-order valence-corrected chi connectivity index (χ2v) is 5.54. The summed E-state index contributed by atoms with van der Waals surface area (Å²) in [5.41, 5.74) is 2.30. The number of hydrogen-bond acceptors (Lipinski definition) is 4. The van der Waals surface area contributed by atoms with Crippen LogP contribution in [-0.4, -0.2) is 32.7 Å². The number of nitrogens with one attached hydrogen (secondary N) is 1. The van der Waals surface area contributed by atoms with Gasteiger partial charge in [0.1, 0.15) is 5.76 Å². The standard InChI is InChI=1S/C16H19N5O2/c1-10-13-8-12(9-17-15(13)21(4)19-10)18-16(22)20(3)11(2)14-6-5-7-23-14/h5-9,11H,1-4H3,(H,18,22). The Morgan fingerprint density at radius 1 is 1.48 bits per heavy atom. The van der Waals surface area contributed by atoms with Crippen LogP contribution >= 0.6 is 0 Å². The van der Waals surface area contributed by atoms with Gasteiger partial charge in [-0.2, -0.15) is 5.10 Å². The molecule has 0 aliphatic carbocycles. The van der Waals surface area contributed by atoms with E-state index in [-0.39, 0.29) is 12.1 Å². The van der Waals surface area contributed by atoms with Crippen molar-refractivity contribution < 1.29 is 9.21 Å². The molecule has 0 fully saturated rings. The van der Waals surface area contributed by atoms with Crippen molar-refractivity contribution >= 4 is 22.8 Å². The molecular formula is C16H19N5O2. The molecule has 0 aliphatic heterocycles. The number of rotatable bonds is 3. The number of aromatic nitrogens is 3. The Morgan fingerprint density at radius 3 is 2.96 bits per heavy atom. The zero-order valence-electron chi connectivity index (χ0n) is 13.6. The first-order valence-electron chi connectivity index (χ1n) is 7.34. The minimum absolute atomic E-state index is 0.165. The van der Waals surface area contributed by atoms with Crippen LogP contribution in [0.15, 0.2) is 35.1 Å². The molecule has 0 saturated carbocycles. The molecule has 0 radical (unpaired) electrons. The summed E-state index contributed by atoms with van der Waals surface area (Å²) in [6.45, 7) is 3.83. The van der Waals surface area contributed by atoms with Crippen LogP contribution in [0.1, 0.15) is 24.4 Å². The molecule has 23 heavy (non-hydrogen) atoms. The highest BCUT2D eigenvalue weighted by Gasteiger charge is 2.20. The van der Waals surface area contributed by atoms with Crippen LogP contribution in [0, 0.1) is 6.92 Å². The zero-order valence-corrected chi connectivity index (χ0v) is 13.6. The molecule has 0 aromatic carbocycles. The van der Waals surface area contributed by atoms with E-state index in [1.807, 2.05) is 33.0 Å². The third kappa shape index (κ3) is 2.77. The van der Waals surface area contributed by atoms with Gasteiger partial charge in [-0.15, -0.1) is 0 Å². The highest BCUT2D eigenvalue weighted by Crippen LogP contribution is 2.22. The average molecular weight is 313 g/mol. The molecule has 0 saturated heterocycles. The average Bonchev–Trinajstić information content (AvgIpc) is 3.15. The van der Waals surface area contributed by atoms with Gasteiger partial charge in [-0.1, -0.05) is 0 Å². The van der Waals surface area contributed by atoms with Gasteiger partial charge in [0.15, 0.2) is 5.65 Å². The van der Waals surface area contributed by atoms with Gasteiger partial charge in [-0.25, -0.2) is 9.78 Å². The zero-order chi connectivity index (χ0) is 16.6. The molecule has 3 rings (SSSR count). The van der Waals surface area contributed by atoms with Crippen molar-refractivity contribution in [3.8, 4) is 0 Å². The fourth-order valence-electron chi connectivity index (χ4n) is 2.48. The first-order chi connectivity index (χ1) is 11.0. The summed E-state index contributed by atoms with van der Waals surface area (Å²) < 4.78 is 7.07. The lowest BCUT2D eigenvalue weighted by atomic mass is 10.2. The van der Waals surface area contributed by atoms with Crippen LogP contribution in [0.25, 0.3) is 11.0 Å². The van der Waals surface area contributed by atoms with Gasteiger partial charge in [-0.3, -0.25) is 4.68 Å². The molecule has 2 amide bonds. The quantitative estimate of drug-likeness (QED) is 0.806. The largest absolute Gasteiger partial charge is 0.467 e. The number of fused-ring (bicyclic) bond motifs is 1. The molecule has 0 aliphatic rings. The fourth-order valence-corrected chi connectivity index (χ4v) is 2.48. The third-order valence-electron chi connectivity index (χ3n) is 3.97. The Kier molecular flexibility index (Phi) is 3.77. The number of nitrogens with zero attached hydrogens (tertiary/aromatic N) is 4. The minimum atomic E-state index is -0.225. The lowest BCUT2D eigenvalue weighted by Gasteiger charge is -2.23. The van der Waals surface area contributed by atoms with Gasteiger partial charge >= 0.3 is 6.03 Å². The summed E-state index contributed by atoms with van der Waals surface area (Å²) >= 11 is 0. The van der Waals surface area contributed by atoms with E-state index in [2.05, 4.69) is 15.4 Å². The van der Waals surface area contributed by atoms with Gasteiger partial charge < -0.3 is 14.6 Å². The van der Waals surface area contributed by atoms with Crippen molar-refractivity contribution in [1.82, 2.24) is 19.7 Å². The molecule has 1 unspecified atom stereocenters. The number of urea groups is 1. The predicted molar refractivity (Wildman–Crippen MR) is 87.2 cm³/mol. The van der Waals surface area contributed by atoms with E-state index < -0.39 is 0 Å². The topological polar surface area (TPSA) is 76.2 Å². The highest BCUT2D eigenvalue weighted by atomic mass is 16.3. The van der Waals surface area contributed by atoms with E-state index in [1.165, 1.54) is 0 Å². The van der Waals surface area contributed by atoms with Crippen LogP contribution in [0.5, 0.6) is 0 Å². The monoisotopic (exact) mass is 313 g/mol. The number of carbonyl (C=O) groups excluding carboxylic acids is 1. The lowest BCUT2D eigenvalue weighted by molar-refractivity contribution is 0.201. The van der Waals surface area contributed by atoms with Crippen LogP contribution in [-0.2, 0) is 7.05 Å². The van der Waals surface area contributed by atoms with E-state index in [9.17, 15) is 4.79 Å². The van der Waals surface area contributed by atoms with Crippen molar-refractivity contribution in [3.63, 3.8) is 0 Å². The van der Waals surface area contributed by atoms with Crippen molar-refractivity contribution in [1.29, 1.82) is 0 Å². The second kappa shape index (κ2) is 5.75.